The van der Waals surface area contributed by atoms with Crippen molar-refractivity contribution in [1.29, 1.82) is 0 Å². The maximum Gasteiger partial charge on any atom is 0.191 e. The monoisotopic (exact) mass is 336 g/mol. The van der Waals surface area contributed by atoms with E-state index in [4.69, 9.17) is 5.73 Å². The molecule has 2 N–H and O–H groups in total. The normalized spacial score (nSPS) is 24.2. The number of nitrogens with zero attached hydrogens (tertiary/aromatic N) is 5. The lowest BCUT2D eigenvalue weighted by molar-refractivity contribution is 0.188. The maximum atomic E-state index is 6.18. The predicted octanol–water partition coefficient (Wildman–Crippen LogP) is 1.31. The van der Waals surface area contributed by atoms with Crippen molar-refractivity contribution in [2.24, 2.45) is 16.6 Å². The Labute approximate surface area is 143 Å². The zero-order valence-electron chi connectivity index (χ0n) is 14.0. The lowest BCUT2D eigenvalue weighted by atomic mass is 10.0. The van der Waals surface area contributed by atoms with Crippen molar-refractivity contribution in [3.05, 3.63) is 11.6 Å². The molecule has 6 nitrogen and oxygen atoms in total. The molecule has 0 spiro atoms. The SMILES string of the molecule is CC1CCCN(CCN=C(N)N2CCN(c3nccs3)CC2)C1. The van der Waals surface area contributed by atoms with E-state index in [-0.39, 0.29) is 0 Å². The largest absolute Gasteiger partial charge is 0.370 e. The highest BCUT2D eigenvalue weighted by Crippen LogP contribution is 2.18. The molecule has 0 bridgehead atoms. The number of nitrogens with two attached hydrogens (primary N) is 1. The second-order valence-electron chi connectivity index (χ2n) is 6.58. The number of guanidine groups is 1. The quantitative estimate of drug-likeness (QED) is 0.664. The summed E-state index contributed by atoms with van der Waals surface area (Å²) in [5.74, 6) is 1.53. The van der Waals surface area contributed by atoms with Gasteiger partial charge in [0.15, 0.2) is 11.1 Å². The first-order valence-corrected chi connectivity index (χ1v) is 9.52. The van der Waals surface area contributed by atoms with Gasteiger partial charge in [0, 0.05) is 50.8 Å². The highest BCUT2D eigenvalue weighted by molar-refractivity contribution is 7.13. The molecule has 0 aromatic carbocycles. The molecular formula is C16H28N6S. The summed E-state index contributed by atoms with van der Waals surface area (Å²) in [5, 5.41) is 3.14. The molecule has 2 aliphatic heterocycles. The molecule has 2 fully saturated rings. The van der Waals surface area contributed by atoms with Gasteiger partial charge in [-0.25, -0.2) is 4.98 Å². The number of thiazole rings is 1. The van der Waals surface area contributed by atoms with E-state index in [1.807, 2.05) is 11.6 Å². The highest BCUT2D eigenvalue weighted by atomic mass is 32.1. The summed E-state index contributed by atoms with van der Waals surface area (Å²) in [4.78, 5) is 16.0. The van der Waals surface area contributed by atoms with Crippen LogP contribution in [0.4, 0.5) is 5.13 Å². The van der Waals surface area contributed by atoms with Gasteiger partial charge in [-0.15, -0.1) is 11.3 Å². The van der Waals surface area contributed by atoms with Gasteiger partial charge < -0.3 is 20.4 Å². The molecule has 1 atom stereocenters. The van der Waals surface area contributed by atoms with Gasteiger partial charge in [0.2, 0.25) is 0 Å². The molecule has 3 rings (SSSR count). The van der Waals surface area contributed by atoms with Crippen LogP contribution in [-0.2, 0) is 0 Å². The van der Waals surface area contributed by atoms with Gasteiger partial charge >= 0.3 is 0 Å². The Balaban J connectivity index is 1.41. The molecule has 2 saturated heterocycles. The molecular weight excluding hydrogens is 308 g/mol. The van der Waals surface area contributed by atoms with Crippen LogP contribution in [0.3, 0.4) is 0 Å². The second kappa shape index (κ2) is 7.97. The number of aliphatic imine (C=N–C) groups is 1. The number of likely N-dealkylation sites (tertiary alicyclic amines) is 1. The van der Waals surface area contributed by atoms with E-state index in [0.29, 0.717) is 5.96 Å². The van der Waals surface area contributed by atoms with Gasteiger partial charge in [-0.3, -0.25) is 4.99 Å². The van der Waals surface area contributed by atoms with Crippen LogP contribution >= 0.6 is 11.3 Å². The maximum absolute atomic E-state index is 6.18. The minimum Gasteiger partial charge on any atom is -0.370 e. The Morgan fingerprint density at radius 3 is 2.87 bits per heavy atom. The average molecular weight is 337 g/mol. The fraction of sp³-hybridized carbons (Fsp3) is 0.750. The summed E-state index contributed by atoms with van der Waals surface area (Å²) in [6.07, 6.45) is 4.55. The number of anilines is 1. The summed E-state index contributed by atoms with van der Waals surface area (Å²) in [5.41, 5.74) is 6.18. The fourth-order valence-corrected chi connectivity index (χ4v) is 4.09. The van der Waals surface area contributed by atoms with Crippen molar-refractivity contribution in [3.63, 3.8) is 0 Å². The lowest BCUT2D eigenvalue weighted by Gasteiger charge is -2.35. The zero-order valence-corrected chi connectivity index (χ0v) is 14.8. The minimum atomic E-state index is 0.703. The summed E-state index contributed by atoms with van der Waals surface area (Å²) in [7, 11) is 0. The highest BCUT2D eigenvalue weighted by Gasteiger charge is 2.20. The zero-order chi connectivity index (χ0) is 16.1. The van der Waals surface area contributed by atoms with Crippen LogP contribution in [0.1, 0.15) is 19.8 Å². The Morgan fingerprint density at radius 1 is 1.35 bits per heavy atom. The molecule has 1 unspecified atom stereocenters. The first-order chi connectivity index (χ1) is 11.2. The number of rotatable bonds is 4. The smallest absolute Gasteiger partial charge is 0.191 e. The Morgan fingerprint density at radius 2 is 2.17 bits per heavy atom. The summed E-state index contributed by atoms with van der Waals surface area (Å²) >= 11 is 1.70. The van der Waals surface area contributed by atoms with Crippen molar-refractivity contribution in [1.82, 2.24) is 14.8 Å². The van der Waals surface area contributed by atoms with Crippen molar-refractivity contribution in [2.45, 2.75) is 19.8 Å². The van der Waals surface area contributed by atoms with Crippen molar-refractivity contribution in [2.75, 3.05) is 57.3 Å². The standard InChI is InChI=1S/C16H28N6S/c1-14-3-2-6-20(13-14)7-4-18-15(17)21-8-10-22(11-9-21)16-19-5-12-23-16/h5,12,14H,2-4,6-11,13H2,1H3,(H2,17,18). The second-order valence-corrected chi connectivity index (χ2v) is 7.45. The van der Waals surface area contributed by atoms with E-state index in [0.717, 1.165) is 50.3 Å². The number of aromatic nitrogens is 1. The molecule has 2 aliphatic rings. The van der Waals surface area contributed by atoms with E-state index < -0.39 is 0 Å². The van der Waals surface area contributed by atoms with E-state index in [2.05, 4.69) is 31.6 Å². The van der Waals surface area contributed by atoms with E-state index in [1.54, 1.807) is 11.3 Å². The van der Waals surface area contributed by atoms with Crippen LogP contribution < -0.4 is 10.6 Å². The Bertz CT molecular complexity index is 495. The van der Waals surface area contributed by atoms with Crippen LogP contribution in [0.2, 0.25) is 0 Å². The van der Waals surface area contributed by atoms with Crippen molar-refractivity contribution < 1.29 is 0 Å². The molecule has 0 aliphatic carbocycles. The molecule has 23 heavy (non-hydrogen) atoms. The first-order valence-electron chi connectivity index (χ1n) is 8.64. The lowest BCUT2D eigenvalue weighted by Crippen LogP contribution is -2.51. The predicted molar refractivity (Wildman–Crippen MR) is 97.2 cm³/mol. The molecule has 128 valence electrons. The van der Waals surface area contributed by atoms with Gasteiger partial charge in [0.1, 0.15) is 0 Å². The van der Waals surface area contributed by atoms with E-state index in [9.17, 15) is 0 Å². The van der Waals surface area contributed by atoms with Crippen LogP contribution in [-0.4, -0.2) is 73.1 Å². The van der Waals surface area contributed by atoms with Gasteiger partial charge in [-0.05, 0) is 25.3 Å². The topological polar surface area (TPSA) is 61.0 Å². The van der Waals surface area contributed by atoms with Gasteiger partial charge in [-0.2, -0.15) is 0 Å². The third-order valence-corrected chi connectivity index (χ3v) is 5.56. The van der Waals surface area contributed by atoms with Gasteiger partial charge in [-0.1, -0.05) is 6.92 Å². The Hall–Kier alpha value is -1.34. The number of hydrogen-bond acceptors (Lipinski definition) is 5. The van der Waals surface area contributed by atoms with Crippen LogP contribution in [0, 0.1) is 5.92 Å². The molecule has 0 radical (unpaired) electrons. The third-order valence-electron chi connectivity index (χ3n) is 4.72. The summed E-state index contributed by atoms with van der Waals surface area (Å²) in [6, 6.07) is 0. The number of hydrogen-bond donors (Lipinski definition) is 1. The fourth-order valence-electron chi connectivity index (χ4n) is 3.39. The number of piperidine rings is 1. The molecule has 0 amide bonds. The Kier molecular flexibility index (Phi) is 5.72. The van der Waals surface area contributed by atoms with Crippen molar-refractivity contribution in [3.8, 4) is 0 Å². The third kappa shape index (κ3) is 4.57. The molecule has 7 heteroatoms. The van der Waals surface area contributed by atoms with Gasteiger partial charge in [0.05, 0.1) is 6.54 Å². The van der Waals surface area contributed by atoms with Crippen LogP contribution in [0.5, 0.6) is 0 Å². The summed E-state index contributed by atoms with van der Waals surface area (Å²) < 4.78 is 0. The van der Waals surface area contributed by atoms with E-state index in [1.165, 1.54) is 25.9 Å². The van der Waals surface area contributed by atoms with Crippen molar-refractivity contribution >= 4 is 22.4 Å². The van der Waals surface area contributed by atoms with Gasteiger partial charge in [0.25, 0.3) is 0 Å². The molecule has 1 aromatic heterocycles. The summed E-state index contributed by atoms with van der Waals surface area (Å²) in [6.45, 7) is 10.4. The average Bonchev–Trinajstić information content (AvgIpc) is 3.09. The molecule has 1 aromatic rings. The number of piperazine rings is 1. The molecule has 3 heterocycles. The minimum absolute atomic E-state index is 0.703. The molecule has 0 saturated carbocycles. The first kappa shape index (κ1) is 16.5. The van der Waals surface area contributed by atoms with Crippen LogP contribution in [0.25, 0.3) is 0 Å². The van der Waals surface area contributed by atoms with Crippen LogP contribution in [0.15, 0.2) is 16.6 Å². The van der Waals surface area contributed by atoms with E-state index >= 15 is 0 Å².